The second kappa shape index (κ2) is 7.62. The lowest BCUT2D eigenvalue weighted by Gasteiger charge is -2.14. The number of hydrogen-bond acceptors (Lipinski definition) is 4. The first kappa shape index (κ1) is 16.7. The lowest BCUT2D eigenvalue weighted by Crippen LogP contribution is -2.30. The maximum absolute atomic E-state index is 12.2. The van der Waals surface area contributed by atoms with E-state index in [4.69, 9.17) is 4.74 Å². The molecule has 0 unspecified atom stereocenters. The molecule has 1 heterocycles. The predicted octanol–water partition coefficient (Wildman–Crippen LogP) is 3.74. The second-order valence-electron chi connectivity index (χ2n) is 6.09. The summed E-state index contributed by atoms with van der Waals surface area (Å²) in [4.78, 5) is 24.1. The zero-order valence-corrected chi connectivity index (χ0v) is 14.5. The molecule has 0 spiro atoms. The molecule has 0 radical (unpaired) electrons. The van der Waals surface area contributed by atoms with Crippen molar-refractivity contribution in [1.82, 2.24) is 0 Å². The van der Waals surface area contributed by atoms with E-state index in [0.717, 1.165) is 24.1 Å². The third-order valence-corrected chi connectivity index (χ3v) is 4.97. The fourth-order valence-electron chi connectivity index (χ4n) is 2.88. The van der Waals surface area contributed by atoms with Crippen molar-refractivity contribution in [2.45, 2.75) is 45.1 Å². The van der Waals surface area contributed by atoms with E-state index in [1.165, 1.54) is 17.5 Å². The van der Waals surface area contributed by atoms with Gasteiger partial charge in [-0.1, -0.05) is 6.07 Å². The van der Waals surface area contributed by atoms with Crippen molar-refractivity contribution < 1.29 is 14.3 Å². The summed E-state index contributed by atoms with van der Waals surface area (Å²) in [6.45, 7) is 1.60. The first-order valence-corrected chi connectivity index (χ1v) is 9.19. The van der Waals surface area contributed by atoms with Crippen LogP contribution in [0.15, 0.2) is 35.0 Å². The van der Waals surface area contributed by atoms with Crippen LogP contribution >= 0.6 is 11.3 Å². The van der Waals surface area contributed by atoms with Gasteiger partial charge in [-0.25, -0.2) is 0 Å². The van der Waals surface area contributed by atoms with Crippen molar-refractivity contribution in [3.63, 3.8) is 0 Å². The smallest absolute Gasteiger partial charge is 0.306 e. The number of amides is 1. The number of thiophene rings is 1. The Kier molecular flexibility index (Phi) is 5.30. The van der Waals surface area contributed by atoms with Crippen molar-refractivity contribution in [3.05, 3.63) is 51.7 Å². The van der Waals surface area contributed by atoms with E-state index in [1.54, 1.807) is 18.3 Å². The number of carbonyl (C=O) groups is 2. The van der Waals surface area contributed by atoms with E-state index in [2.05, 4.69) is 11.4 Å². The minimum absolute atomic E-state index is 0.285. The molecule has 3 rings (SSSR count). The number of benzene rings is 1. The van der Waals surface area contributed by atoms with Gasteiger partial charge in [0.1, 0.15) is 0 Å². The van der Waals surface area contributed by atoms with Gasteiger partial charge in [0.2, 0.25) is 0 Å². The SMILES string of the molecule is C[C@H](OC(=O)CCc1ccsc1)C(=O)Nc1ccc2c(c1)CCC2. The highest BCUT2D eigenvalue weighted by Gasteiger charge is 2.19. The summed E-state index contributed by atoms with van der Waals surface area (Å²) in [5, 5.41) is 6.82. The van der Waals surface area contributed by atoms with Gasteiger partial charge in [0.25, 0.3) is 5.91 Å². The summed E-state index contributed by atoms with van der Waals surface area (Å²) in [5.41, 5.74) is 4.54. The summed E-state index contributed by atoms with van der Waals surface area (Å²) in [7, 11) is 0. The van der Waals surface area contributed by atoms with Gasteiger partial charge in [-0.2, -0.15) is 11.3 Å². The van der Waals surface area contributed by atoms with Crippen molar-refractivity contribution >= 4 is 28.9 Å². The normalized spacial score (nSPS) is 14.0. The molecule has 1 atom stereocenters. The molecule has 5 heteroatoms. The number of aryl methyl sites for hydroxylation is 3. The van der Waals surface area contributed by atoms with Crippen LogP contribution in [0.4, 0.5) is 5.69 Å². The second-order valence-corrected chi connectivity index (χ2v) is 6.87. The molecule has 4 nitrogen and oxygen atoms in total. The van der Waals surface area contributed by atoms with E-state index in [-0.39, 0.29) is 18.3 Å². The minimum Gasteiger partial charge on any atom is -0.453 e. The zero-order valence-electron chi connectivity index (χ0n) is 13.7. The Morgan fingerprint density at radius 1 is 1.25 bits per heavy atom. The molecule has 1 aliphatic rings. The molecule has 1 amide bonds. The number of fused-ring (bicyclic) bond motifs is 1. The summed E-state index contributed by atoms with van der Waals surface area (Å²) in [6, 6.07) is 7.98. The molecule has 2 aromatic rings. The zero-order chi connectivity index (χ0) is 16.9. The maximum atomic E-state index is 12.2. The third-order valence-electron chi connectivity index (χ3n) is 4.24. The van der Waals surface area contributed by atoms with E-state index in [9.17, 15) is 9.59 Å². The van der Waals surface area contributed by atoms with Crippen LogP contribution in [0.25, 0.3) is 0 Å². The van der Waals surface area contributed by atoms with Crippen molar-refractivity contribution in [1.29, 1.82) is 0 Å². The molecular formula is C19H21NO3S. The first-order valence-electron chi connectivity index (χ1n) is 8.25. The van der Waals surface area contributed by atoms with Gasteiger partial charge in [-0.05, 0) is 78.3 Å². The molecule has 1 aromatic carbocycles. The molecule has 0 fully saturated rings. The molecule has 1 aromatic heterocycles. The Morgan fingerprint density at radius 3 is 2.88 bits per heavy atom. The average molecular weight is 343 g/mol. The molecule has 126 valence electrons. The maximum Gasteiger partial charge on any atom is 0.306 e. The summed E-state index contributed by atoms with van der Waals surface area (Å²) in [6.07, 6.45) is 3.47. The van der Waals surface area contributed by atoms with Gasteiger partial charge in [0, 0.05) is 12.1 Å². The predicted molar refractivity (Wildman–Crippen MR) is 95.3 cm³/mol. The Balaban J connectivity index is 1.48. The number of hydrogen-bond donors (Lipinski definition) is 1. The van der Waals surface area contributed by atoms with Gasteiger partial charge >= 0.3 is 5.97 Å². The summed E-state index contributed by atoms with van der Waals surface area (Å²) >= 11 is 1.60. The van der Waals surface area contributed by atoms with Gasteiger partial charge in [-0.15, -0.1) is 0 Å². The molecule has 24 heavy (non-hydrogen) atoms. The van der Waals surface area contributed by atoms with Crippen LogP contribution in [-0.4, -0.2) is 18.0 Å². The van der Waals surface area contributed by atoms with Crippen LogP contribution < -0.4 is 5.32 Å². The van der Waals surface area contributed by atoms with Crippen LogP contribution in [0.1, 0.15) is 36.5 Å². The molecule has 1 aliphatic carbocycles. The average Bonchev–Trinajstić information content (AvgIpc) is 3.23. The molecule has 0 bridgehead atoms. The standard InChI is InChI=1S/C19H21NO3S/c1-13(23-18(21)8-5-14-9-10-24-12-14)19(22)20-17-7-6-15-3-2-4-16(15)11-17/h6-7,9-13H,2-5,8H2,1H3,(H,20,22)/t13-/m0/s1. The molecule has 1 N–H and O–H groups in total. The van der Waals surface area contributed by atoms with Crippen LogP contribution in [0.5, 0.6) is 0 Å². The topological polar surface area (TPSA) is 55.4 Å². The summed E-state index contributed by atoms with van der Waals surface area (Å²) < 4.78 is 5.23. The van der Waals surface area contributed by atoms with Crippen molar-refractivity contribution in [2.75, 3.05) is 5.32 Å². The van der Waals surface area contributed by atoms with E-state index in [0.29, 0.717) is 6.42 Å². The highest BCUT2D eigenvalue weighted by molar-refractivity contribution is 7.07. The molecule has 0 saturated carbocycles. The fourth-order valence-corrected chi connectivity index (χ4v) is 3.59. The monoisotopic (exact) mass is 343 g/mol. The quantitative estimate of drug-likeness (QED) is 0.813. The largest absolute Gasteiger partial charge is 0.453 e. The highest BCUT2D eigenvalue weighted by Crippen LogP contribution is 2.25. The van der Waals surface area contributed by atoms with Crippen LogP contribution in [0.2, 0.25) is 0 Å². The number of carbonyl (C=O) groups excluding carboxylic acids is 2. The van der Waals surface area contributed by atoms with Gasteiger partial charge in [-0.3, -0.25) is 9.59 Å². The molecule has 0 aliphatic heterocycles. The summed E-state index contributed by atoms with van der Waals surface area (Å²) in [5.74, 6) is -0.644. The molecular weight excluding hydrogens is 322 g/mol. The number of ether oxygens (including phenoxy) is 1. The highest BCUT2D eigenvalue weighted by atomic mass is 32.1. The fraction of sp³-hybridized carbons (Fsp3) is 0.368. The van der Waals surface area contributed by atoms with Crippen LogP contribution in [0, 0.1) is 0 Å². The molecule has 0 saturated heterocycles. The number of nitrogens with one attached hydrogen (secondary N) is 1. The first-order chi connectivity index (χ1) is 11.6. The van der Waals surface area contributed by atoms with Crippen LogP contribution in [-0.2, 0) is 33.6 Å². The Hall–Kier alpha value is -2.14. The lowest BCUT2D eigenvalue weighted by atomic mass is 10.1. The van der Waals surface area contributed by atoms with Crippen molar-refractivity contribution in [2.24, 2.45) is 0 Å². The Morgan fingerprint density at radius 2 is 2.08 bits per heavy atom. The van der Waals surface area contributed by atoms with E-state index >= 15 is 0 Å². The van der Waals surface area contributed by atoms with E-state index < -0.39 is 6.10 Å². The number of anilines is 1. The van der Waals surface area contributed by atoms with E-state index in [1.807, 2.05) is 29.0 Å². The van der Waals surface area contributed by atoms with Crippen LogP contribution in [0.3, 0.4) is 0 Å². The third kappa shape index (κ3) is 4.23. The Labute approximate surface area is 145 Å². The van der Waals surface area contributed by atoms with Gasteiger partial charge < -0.3 is 10.1 Å². The Bertz CT molecular complexity index is 724. The number of esters is 1. The minimum atomic E-state index is -0.798. The van der Waals surface area contributed by atoms with Gasteiger partial charge in [0.05, 0.1) is 0 Å². The number of rotatable bonds is 6. The lowest BCUT2D eigenvalue weighted by molar-refractivity contribution is -0.153. The van der Waals surface area contributed by atoms with Gasteiger partial charge in [0.15, 0.2) is 6.10 Å². The van der Waals surface area contributed by atoms with Crippen molar-refractivity contribution in [3.8, 4) is 0 Å².